The van der Waals surface area contributed by atoms with E-state index in [9.17, 15) is 8.42 Å². The molecule has 1 fully saturated rings. The summed E-state index contributed by atoms with van der Waals surface area (Å²) in [5.74, 6) is 2.27. The van der Waals surface area contributed by atoms with Gasteiger partial charge in [-0.3, -0.25) is 4.40 Å². The summed E-state index contributed by atoms with van der Waals surface area (Å²) in [5, 5.41) is 8.29. The third-order valence-electron chi connectivity index (χ3n) is 3.72. The molecule has 2 aromatic rings. The van der Waals surface area contributed by atoms with Crippen molar-refractivity contribution < 1.29 is 13.2 Å². The van der Waals surface area contributed by atoms with Gasteiger partial charge in [0.1, 0.15) is 11.6 Å². The topological polar surface area (TPSA) is 73.6 Å². The van der Waals surface area contributed by atoms with Crippen molar-refractivity contribution in [2.75, 3.05) is 18.6 Å². The third-order valence-corrected chi connectivity index (χ3v) is 5.61. The highest BCUT2D eigenvalue weighted by Gasteiger charge is 2.26. The van der Waals surface area contributed by atoms with Gasteiger partial charge in [0.25, 0.3) is 0 Å². The quantitative estimate of drug-likeness (QED) is 0.848. The lowest BCUT2D eigenvalue weighted by Gasteiger charge is -2.20. The second kappa shape index (κ2) is 5.05. The van der Waals surface area contributed by atoms with Crippen LogP contribution in [0.5, 0.6) is 5.75 Å². The SMILES string of the molecule is COc1ccn2c(CC3CCCS(=O)(=O)C3)nnc2c1. The number of hydrogen-bond acceptors (Lipinski definition) is 5. The second-order valence-corrected chi connectivity index (χ2v) is 7.47. The summed E-state index contributed by atoms with van der Waals surface area (Å²) < 4.78 is 30.4. The van der Waals surface area contributed by atoms with Crippen LogP contribution in [0, 0.1) is 5.92 Å². The Morgan fingerprint density at radius 3 is 3.05 bits per heavy atom. The maximum absolute atomic E-state index is 11.7. The third kappa shape index (κ3) is 2.63. The molecule has 1 aliphatic heterocycles. The van der Waals surface area contributed by atoms with Crippen LogP contribution in [0.4, 0.5) is 0 Å². The van der Waals surface area contributed by atoms with Gasteiger partial charge in [0.05, 0.1) is 18.6 Å². The smallest absolute Gasteiger partial charge is 0.164 e. The van der Waals surface area contributed by atoms with Crippen LogP contribution in [0.25, 0.3) is 5.65 Å². The maximum Gasteiger partial charge on any atom is 0.164 e. The monoisotopic (exact) mass is 295 g/mol. The fourth-order valence-electron chi connectivity index (χ4n) is 2.72. The number of fused-ring (bicyclic) bond motifs is 1. The minimum Gasteiger partial charge on any atom is -0.497 e. The van der Waals surface area contributed by atoms with Crippen LogP contribution in [-0.2, 0) is 16.3 Å². The van der Waals surface area contributed by atoms with E-state index in [-0.39, 0.29) is 11.7 Å². The molecular weight excluding hydrogens is 278 g/mol. The number of pyridine rings is 1. The number of aromatic nitrogens is 3. The molecule has 20 heavy (non-hydrogen) atoms. The average Bonchev–Trinajstić information content (AvgIpc) is 2.80. The van der Waals surface area contributed by atoms with E-state index < -0.39 is 9.84 Å². The summed E-state index contributed by atoms with van der Waals surface area (Å²) in [7, 11) is -1.27. The molecule has 7 heteroatoms. The van der Waals surface area contributed by atoms with Crippen LogP contribution in [0.1, 0.15) is 18.7 Å². The van der Waals surface area contributed by atoms with E-state index in [2.05, 4.69) is 10.2 Å². The van der Waals surface area contributed by atoms with Crippen molar-refractivity contribution in [3.05, 3.63) is 24.2 Å². The zero-order chi connectivity index (χ0) is 14.2. The van der Waals surface area contributed by atoms with Crippen LogP contribution < -0.4 is 4.74 Å². The number of ether oxygens (including phenoxy) is 1. The van der Waals surface area contributed by atoms with Gasteiger partial charge in [-0.25, -0.2) is 8.42 Å². The van der Waals surface area contributed by atoms with Crippen molar-refractivity contribution in [3.8, 4) is 5.75 Å². The van der Waals surface area contributed by atoms with E-state index in [0.717, 1.165) is 30.1 Å². The van der Waals surface area contributed by atoms with E-state index >= 15 is 0 Å². The average molecular weight is 295 g/mol. The Kier molecular flexibility index (Phi) is 3.37. The van der Waals surface area contributed by atoms with E-state index in [1.807, 2.05) is 22.7 Å². The van der Waals surface area contributed by atoms with Crippen LogP contribution in [0.15, 0.2) is 18.3 Å². The van der Waals surface area contributed by atoms with Crippen molar-refractivity contribution in [2.24, 2.45) is 5.92 Å². The van der Waals surface area contributed by atoms with Crippen LogP contribution in [0.2, 0.25) is 0 Å². The first-order valence-electron chi connectivity index (χ1n) is 6.65. The lowest BCUT2D eigenvalue weighted by Crippen LogP contribution is -2.27. The zero-order valence-corrected chi connectivity index (χ0v) is 12.1. The molecule has 1 atom stereocenters. The first-order valence-corrected chi connectivity index (χ1v) is 8.47. The van der Waals surface area contributed by atoms with Crippen LogP contribution in [-0.4, -0.2) is 41.6 Å². The molecule has 0 saturated carbocycles. The molecule has 0 radical (unpaired) electrons. The van der Waals surface area contributed by atoms with Gasteiger partial charge in [0.2, 0.25) is 0 Å². The Hall–Kier alpha value is -1.63. The molecule has 1 saturated heterocycles. The van der Waals surface area contributed by atoms with Crippen molar-refractivity contribution in [3.63, 3.8) is 0 Å². The Morgan fingerprint density at radius 1 is 1.45 bits per heavy atom. The fourth-order valence-corrected chi connectivity index (χ4v) is 4.50. The van der Waals surface area contributed by atoms with E-state index in [4.69, 9.17) is 4.74 Å². The van der Waals surface area contributed by atoms with Gasteiger partial charge in [-0.05, 0) is 24.8 Å². The molecular formula is C13H17N3O3S. The first-order chi connectivity index (χ1) is 9.57. The summed E-state index contributed by atoms with van der Waals surface area (Å²) >= 11 is 0. The predicted octanol–water partition coefficient (Wildman–Crippen LogP) is 1.11. The van der Waals surface area contributed by atoms with Crippen molar-refractivity contribution >= 4 is 15.5 Å². The van der Waals surface area contributed by atoms with Gasteiger partial charge in [-0.1, -0.05) is 0 Å². The standard InChI is InChI=1S/C13H17N3O3S/c1-19-11-4-5-16-12(14-15-13(16)8-11)7-10-3-2-6-20(17,18)9-10/h4-5,8,10H,2-3,6-7,9H2,1H3. The van der Waals surface area contributed by atoms with Crippen molar-refractivity contribution in [2.45, 2.75) is 19.3 Å². The van der Waals surface area contributed by atoms with Gasteiger partial charge in [0.15, 0.2) is 15.5 Å². The van der Waals surface area contributed by atoms with Crippen LogP contribution >= 0.6 is 0 Å². The maximum atomic E-state index is 11.7. The molecule has 1 unspecified atom stereocenters. The molecule has 0 aliphatic carbocycles. The van der Waals surface area contributed by atoms with Crippen LogP contribution in [0.3, 0.4) is 0 Å². The Balaban J connectivity index is 1.84. The van der Waals surface area contributed by atoms with Crippen molar-refractivity contribution in [1.29, 1.82) is 0 Å². The Morgan fingerprint density at radius 2 is 2.30 bits per heavy atom. The Bertz CT molecular complexity index is 724. The number of methoxy groups -OCH3 is 1. The van der Waals surface area contributed by atoms with Gasteiger partial charge >= 0.3 is 0 Å². The summed E-state index contributed by atoms with van der Waals surface area (Å²) in [6.07, 6.45) is 4.19. The highest BCUT2D eigenvalue weighted by Crippen LogP contribution is 2.22. The molecule has 1 aliphatic rings. The molecule has 6 nitrogen and oxygen atoms in total. The van der Waals surface area contributed by atoms with E-state index in [1.54, 1.807) is 7.11 Å². The summed E-state index contributed by atoms with van der Waals surface area (Å²) in [4.78, 5) is 0. The minimum absolute atomic E-state index is 0.142. The zero-order valence-electron chi connectivity index (χ0n) is 11.3. The highest BCUT2D eigenvalue weighted by atomic mass is 32.2. The highest BCUT2D eigenvalue weighted by molar-refractivity contribution is 7.91. The largest absolute Gasteiger partial charge is 0.497 e. The summed E-state index contributed by atoms with van der Waals surface area (Å²) in [5.41, 5.74) is 0.720. The minimum atomic E-state index is -2.88. The summed E-state index contributed by atoms with van der Waals surface area (Å²) in [6, 6.07) is 3.66. The lowest BCUT2D eigenvalue weighted by atomic mass is 10.0. The molecule has 108 valence electrons. The normalized spacial score (nSPS) is 21.9. The molecule has 0 spiro atoms. The number of rotatable bonds is 3. The van der Waals surface area contributed by atoms with Crippen molar-refractivity contribution in [1.82, 2.24) is 14.6 Å². The Labute approximate surface area is 117 Å². The summed E-state index contributed by atoms with van der Waals surface area (Å²) in [6.45, 7) is 0. The molecule has 0 aromatic carbocycles. The lowest BCUT2D eigenvalue weighted by molar-refractivity contribution is 0.414. The van der Waals surface area contributed by atoms with Gasteiger partial charge in [-0.15, -0.1) is 10.2 Å². The number of nitrogens with zero attached hydrogens (tertiary/aromatic N) is 3. The fraction of sp³-hybridized carbons (Fsp3) is 0.538. The molecule has 0 N–H and O–H groups in total. The predicted molar refractivity (Wildman–Crippen MR) is 74.6 cm³/mol. The second-order valence-electron chi connectivity index (χ2n) is 5.24. The number of hydrogen-bond donors (Lipinski definition) is 0. The van der Waals surface area contributed by atoms with Gasteiger partial charge < -0.3 is 4.74 Å². The van der Waals surface area contributed by atoms with Gasteiger partial charge in [0, 0.05) is 18.7 Å². The molecule has 0 amide bonds. The number of sulfone groups is 1. The molecule has 3 heterocycles. The van der Waals surface area contributed by atoms with E-state index in [1.165, 1.54) is 0 Å². The van der Waals surface area contributed by atoms with E-state index in [0.29, 0.717) is 12.2 Å². The first kappa shape index (κ1) is 13.4. The molecule has 2 aromatic heterocycles. The van der Waals surface area contributed by atoms with Gasteiger partial charge in [-0.2, -0.15) is 0 Å². The molecule has 3 rings (SSSR count). The molecule has 0 bridgehead atoms.